The van der Waals surface area contributed by atoms with Crippen molar-refractivity contribution in [1.29, 1.82) is 0 Å². The largest absolute Gasteiger partial charge is 0.573 e. The van der Waals surface area contributed by atoms with E-state index in [1.165, 1.54) is 6.07 Å². The van der Waals surface area contributed by atoms with Crippen LogP contribution in [0, 0.1) is 17.3 Å². The Bertz CT molecular complexity index is 863. The summed E-state index contributed by atoms with van der Waals surface area (Å²) >= 11 is 0. The molecule has 0 spiro atoms. The topological polar surface area (TPSA) is 63.7 Å². The second-order valence-corrected chi connectivity index (χ2v) is 10.2. The molecule has 184 valence electrons. The Balaban J connectivity index is 1.46. The maximum absolute atomic E-state index is 13.8. The number of nitrogens with one attached hydrogen (secondary N) is 1. The first-order valence-electron chi connectivity index (χ1n) is 11.9. The predicted octanol–water partition coefficient (Wildman–Crippen LogP) is 4.07. The Morgan fingerprint density at radius 2 is 2.15 bits per heavy atom. The lowest BCUT2D eigenvalue weighted by Gasteiger charge is -2.40. The number of carbonyl (C=O) groups excluding carboxylic acids is 1. The van der Waals surface area contributed by atoms with Crippen molar-refractivity contribution in [2.75, 3.05) is 19.8 Å². The third-order valence-corrected chi connectivity index (χ3v) is 7.71. The van der Waals surface area contributed by atoms with E-state index in [9.17, 15) is 18.0 Å². The molecular weight excluding hydrogens is 435 g/mol. The molecule has 0 aromatic carbocycles. The summed E-state index contributed by atoms with van der Waals surface area (Å²) in [4.78, 5) is 19.8. The van der Waals surface area contributed by atoms with Crippen LogP contribution in [0.3, 0.4) is 0 Å². The number of nitrogens with zero attached hydrogens (tertiary/aromatic N) is 2. The minimum absolute atomic E-state index is 0.106. The zero-order valence-corrected chi connectivity index (χ0v) is 19.6. The Morgan fingerprint density at radius 1 is 1.36 bits per heavy atom. The fraction of sp³-hybridized carbons (Fsp3) is 0.750. The standard InChI is InChI=1S/C24H34F3N3O3/c1-15(2)23(7-4-18(11-23)29-20-6-9-32-14-16(20)3)22(31)30-8-5-21-17(13-30)10-19(12-28-21)33-24(25,26)27/h10,12,15-16,18,20,29H,4-9,11,13-14H2,1-3H3/t16?,18-,20?,23+/m1/s1. The summed E-state index contributed by atoms with van der Waals surface area (Å²) in [6.07, 6.45) is 0.397. The summed E-state index contributed by atoms with van der Waals surface area (Å²) in [5.41, 5.74) is 0.891. The minimum atomic E-state index is -4.77. The van der Waals surface area contributed by atoms with E-state index in [0.717, 1.165) is 50.8 Å². The van der Waals surface area contributed by atoms with E-state index in [4.69, 9.17) is 4.74 Å². The van der Waals surface area contributed by atoms with Crippen LogP contribution in [-0.4, -0.2) is 54.0 Å². The molecular formula is C24H34F3N3O3. The average Bonchev–Trinajstić information content (AvgIpc) is 3.18. The zero-order chi connectivity index (χ0) is 23.8. The number of hydrogen-bond donors (Lipinski definition) is 1. The van der Waals surface area contributed by atoms with Crippen molar-refractivity contribution in [1.82, 2.24) is 15.2 Å². The van der Waals surface area contributed by atoms with Gasteiger partial charge in [-0.1, -0.05) is 20.8 Å². The van der Waals surface area contributed by atoms with E-state index in [2.05, 4.69) is 35.8 Å². The molecule has 4 atom stereocenters. The molecule has 1 saturated carbocycles. The van der Waals surface area contributed by atoms with Gasteiger partial charge in [-0.3, -0.25) is 9.78 Å². The number of fused-ring (bicyclic) bond motifs is 1. The number of amides is 1. The smallest absolute Gasteiger partial charge is 0.404 e. The van der Waals surface area contributed by atoms with Gasteiger partial charge in [0.05, 0.1) is 18.2 Å². The normalized spacial score (nSPS) is 30.4. The van der Waals surface area contributed by atoms with Crippen LogP contribution in [0.1, 0.15) is 57.7 Å². The molecule has 4 rings (SSSR count). The van der Waals surface area contributed by atoms with E-state index >= 15 is 0 Å². The summed E-state index contributed by atoms with van der Waals surface area (Å²) in [5, 5.41) is 3.80. The molecule has 2 aliphatic heterocycles. The number of carbonyl (C=O) groups is 1. The molecule has 3 heterocycles. The summed E-state index contributed by atoms with van der Waals surface area (Å²) < 4.78 is 47.5. The van der Waals surface area contributed by atoms with Crippen molar-refractivity contribution in [2.45, 2.75) is 77.9 Å². The molecule has 1 aromatic heterocycles. The number of rotatable bonds is 5. The highest BCUT2D eigenvalue weighted by atomic mass is 19.4. The number of ether oxygens (including phenoxy) is 2. The molecule has 1 N–H and O–H groups in total. The number of pyridine rings is 1. The van der Waals surface area contributed by atoms with Crippen molar-refractivity contribution in [3.63, 3.8) is 0 Å². The maximum Gasteiger partial charge on any atom is 0.573 e. The van der Waals surface area contributed by atoms with Crippen LogP contribution in [0.4, 0.5) is 13.2 Å². The number of alkyl halides is 3. The van der Waals surface area contributed by atoms with Crippen LogP contribution in [-0.2, 0) is 22.5 Å². The Morgan fingerprint density at radius 3 is 2.85 bits per heavy atom. The zero-order valence-electron chi connectivity index (χ0n) is 19.6. The molecule has 0 bridgehead atoms. The predicted molar refractivity (Wildman–Crippen MR) is 116 cm³/mol. The van der Waals surface area contributed by atoms with Crippen molar-refractivity contribution in [3.05, 3.63) is 23.5 Å². The minimum Gasteiger partial charge on any atom is -0.404 e. The molecule has 1 amide bonds. The van der Waals surface area contributed by atoms with Gasteiger partial charge in [0.25, 0.3) is 0 Å². The van der Waals surface area contributed by atoms with Gasteiger partial charge in [0.1, 0.15) is 5.75 Å². The monoisotopic (exact) mass is 469 g/mol. The van der Waals surface area contributed by atoms with Gasteiger partial charge in [-0.25, -0.2) is 0 Å². The van der Waals surface area contributed by atoms with E-state index in [1.807, 2.05) is 0 Å². The molecule has 9 heteroatoms. The summed E-state index contributed by atoms with van der Waals surface area (Å²) in [6, 6.07) is 2.05. The van der Waals surface area contributed by atoms with Crippen molar-refractivity contribution >= 4 is 5.91 Å². The van der Waals surface area contributed by atoms with Gasteiger partial charge in [0.2, 0.25) is 5.91 Å². The Hall–Kier alpha value is -1.87. The summed E-state index contributed by atoms with van der Waals surface area (Å²) in [7, 11) is 0. The average molecular weight is 470 g/mol. The van der Waals surface area contributed by atoms with Crippen LogP contribution in [0.15, 0.2) is 12.3 Å². The first-order chi connectivity index (χ1) is 15.6. The van der Waals surface area contributed by atoms with Gasteiger partial charge in [-0.15, -0.1) is 13.2 Å². The van der Waals surface area contributed by atoms with Gasteiger partial charge >= 0.3 is 6.36 Å². The molecule has 0 radical (unpaired) electrons. The SMILES string of the molecule is CC1COCCC1N[C@@H]1CC[C@@](C(=O)N2CCc3ncc(OC(F)(F)F)cc3C2)(C(C)C)C1. The number of aromatic nitrogens is 1. The lowest BCUT2D eigenvalue weighted by molar-refractivity contribution is -0.274. The second kappa shape index (κ2) is 9.41. The van der Waals surface area contributed by atoms with Crippen LogP contribution in [0.5, 0.6) is 5.75 Å². The summed E-state index contributed by atoms with van der Waals surface area (Å²) in [6.45, 7) is 8.73. The van der Waals surface area contributed by atoms with Crippen LogP contribution < -0.4 is 10.1 Å². The summed E-state index contributed by atoms with van der Waals surface area (Å²) in [5.74, 6) is 0.380. The molecule has 1 aliphatic carbocycles. The highest BCUT2D eigenvalue weighted by Crippen LogP contribution is 2.47. The van der Waals surface area contributed by atoms with Crippen LogP contribution in [0.25, 0.3) is 0 Å². The number of halogens is 3. The molecule has 1 aromatic rings. The van der Waals surface area contributed by atoms with E-state index < -0.39 is 11.8 Å². The fourth-order valence-electron chi connectivity index (χ4n) is 5.70. The van der Waals surface area contributed by atoms with E-state index in [0.29, 0.717) is 30.5 Å². The third-order valence-electron chi connectivity index (χ3n) is 7.71. The van der Waals surface area contributed by atoms with Crippen LogP contribution in [0.2, 0.25) is 0 Å². The molecule has 6 nitrogen and oxygen atoms in total. The highest BCUT2D eigenvalue weighted by Gasteiger charge is 2.50. The Kier molecular flexibility index (Phi) is 6.92. The lowest BCUT2D eigenvalue weighted by Crippen LogP contribution is -2.49. The fourth-order valence-corrected chi connectivity index (χ4v) is 5.70. The van der Waals surface area contributed by atoms with Gasteiger partial charge < -0.3 is 19.7 Å². The first-order valence-corrected chi connectivity index (χ1v) is 11.9. The third kappa shape index (κ3) is 5.29. The molecule has 3 aliphatic rings. The van der Waals surface area contributed by atoms with Crippen LogP contribution >= 0.6 is 0 Å². The van der Waals surface area contributed by atoms with Gasteiger partial charge in [-0.2, -0.15) is 0 Å². The molecule has 2 fully saturated rings. The molecule has 1 saturated heterocycles. The highest BCUT2D eigenvalue weighted by molar-refractivity contribution is 5.83. The van der Waals surface area contributed by atoms with Gasteiger partial charge in [0.15, 0.2) is 0 Å². The van der Waals surface area contributed by atoms with E-state index in [-0.39, 0.29) is 30.2 Å². The van der Waals surface area contributed by atoms with Crippen molar-refractivity contribution < 1.29 is 27.4 Å². The first kappa shape index (κ1) is 24.3. The molecule has 2 unspecified atom stereocenters. The Labute approximate surface area is 193 Å². The van der Waals surface area contributed by atoms with Gasteiger partial charge in [0, 0.05) is 43.9 Å². The van der Waals surface area contributed by atoms with Gasteiger partial charge in [-0.05, 0) is 49.1 Å². The van der Waals surface area contributed by atoms with Crippen molar-refractivity contribution in [3.8, 4) is 5.75 Å². The van der Waals surface area contributed by atoms with E-state index in [1.54, 1.807) is 4.90 Å². The maximum atomic E-state index is 13.8. The second-order valence-electron chi connectivity index (χ2n) is 10.2. The lowest BCUT2D eigenvalue weighted by atomic mass is 9.74. The van der Waals surface area contributed by atoms with Crippen molar-refractivity contribution in [2.24, 2.45) is 17.3 Å². The quantitative estimate of drug-likeness (QED) is 0.704. The number of hydrogen-bond acceptors (Lipinski definition) is 5. The molecule has 33 heavy (non-hydrogen) atoms.